The first kappa shape index (κ1) is 16.9. The molecule has 0 unspecified atom stereocenters. The summed E-state index contributed by atoms with van der Waals surface area (Å²) in [5.74, 6) is 0. The molecule has 0 aromatic heterocycles. The Bertz CT molecular complexity index is 411. The molecule has 0 aliphatic carbocycles. The molecule has 0 fully saturated rings. The molecule has 20 heavy (non-hydrogen) atoms. The lowest BCUT2D eigenvalue weighted by Crippen LogP contribution is -2.39. The predicted octanol–water partition coefficient (Wildman–Crippen LogP) is 4.72. The zero-order chi connectivity index (χ0) is 15.7. The van der Waals surface area contributed by atoms with Gasteiger partial charge < -0.3 is 9.80 Å². The summed E-state index contributed by atoms with van der Waals surface area (Å²) < 4.78 is 0. The molecule has 0 aliphatic rings. The predicted molar refractivity (Wildman–Crippen MR) is 92.1 cm³/mol. The number of anilines is 2. The average Bonchev–Trinajstić information content (AvgIpc) is 2.34. The first-order valence-electron chi connectivity index (χ1n) is 7.58. The van der Waals surface area contributed by atoms with Crippen molar-refractivity contribution in [2.75, 3.05) is 23.9 Å². The maximum absolute atomic E-state index is 2.35. The molecule has 114 valence electrons. The van der Waals surface area contributed by atoms with Crippen LogP contribution in [-0.4, -0.2) is 25.2 Å². The summed E-state index contributed by atoms with van der Waals surface area (Å²) in [6.07, 6.45) is 1.07. The van der Waals surface area contributed by atoms with Crippen molar-refractivity contribution in [1.29, 1.82) is 0 Å². The minimum absolute atomic E-state index is 0.129. The highest BCUT2D eigenvalue weighted by molar-refractivity contribution is 5.63. The van der Waals surface area contributed by atoms with Crippen LogP contribution in [0.2, 0.25) is 0 Å². The molecular weight excluding hydrogens is 244 g/mol. The summed E-state index contributed by atoms with van der Waals surface area (Å²) in [4.78, 5) is 4.71. The van der Waals surface area contributed by atoms with Gasteiger partial charge in [-0.25, -0.2) is 0 Å². The second-order valence-corrected chi connectivity index (χ2v) is 7.67. The van der Waals surface area contributed by atoms with E-state index in [1.165, 1.54) is 16.9 Å². The molecule has 0 saturated carbocycles. The lowest BCUT2D eigenvalue weighted by atomic mass is 10.0. The monoisotopic (exact) mass is 276 g/mol. The summed E-state index contributed by atoms with van der Waals surface area (Å²) in [6, 6.07) is 6.92. The third-order valence-electron chi connectivity index (χ3n) is 4.16. The van der Waals surface area contributed by atoms with Crippen molar-refractivity contribution in [2.45, 2.75) is 66.0 Å². The van der Waals surface area contributed by atoms with Gasteiger partial charge in [-0.1, -0.05) is 6.92 Å². The largest absolute Gasteiger partial charge is 0.370 e. The molecule has 0 bridgehead atoms. The minimum Gasteiger partial charge on any atom is -0.370 e. The maximum Gasteiger partial charge on any atom is 0.0391 e. The average molecular weight is 276 g/mol. The van der Waals surface area contributed by atoms with Gasteiger partial charge in [-0.3, -0.25) is 0 Å². The van der Waals surface area contributed by atoms with Crippen molar-refractivity contribution < 1.29 is 0 Å². The van der Waals surface area contributed by atoms with Gasteiger partial charge in [-0.05, 0) is 71.7 Å². The number of benzene rings is 1. The minimum atomic E-state index is 0.129. The molecule has 2 nitrogen and oxygen atoms in total. The van der Waals surface area contributed by atoms with Crippen molar-refractivity contribution in [1.82, 2.24) is 0 Å². The second-order valence-electron chi connectivity index (χ2n) is 7.67. The fraction of sp³-hybridized carbons (Fsp3) is 0.667. The molecule has 1 aromatic carbocycles. The number of rotatable bonds is 3. The second kappa shape index (κ2) is 5.67. The highest BCUT2D eigenvalue weighted by Gasteiger charge is 2.21. The Morgan fingerprint density at radius 3 is 1.35 bits per heavy atom. The van der Waals surface area contributed by atoms with Crippen LogP contribution in [0.3, 0.4) is 0 Å². The van der Waals surface area contributed by atoms with Gasteiger partial charge in [0.25, 0.3) is 0 Å². The lowest BCUT2D eigenvalue weighted by Gasteiger charge is -2.37. The van der Waals surface area contributed by atoms with E-state index < -0.39 is 0 Å². The van der Waals surface area contributed by atoms with E-state index in [-0.39, 0.29) is 11.1 Å². The van der Waals surface area contributed by atoms with E-state index in [1.54, 1.807) is 0 Å². The van der Waals surface area contributed by atoms with Crippen LogP contribution in [-0.2, 0) is 6.42 Å². The smallest absolute Gasteiger partial charge is 0.0391 e. The molecule has 0 saturated heterocycles. The maximum atomic E-state index is 2.35. The van der Waals surface area contributed by atoms with Crippen LogP contribution in [0.25, 0.3) is 0 Å². The van der Waals surface area contributed by atoms with E-state index in [1.807, 2.05) is 0 Å². The molecular formula is C18H32N2. The normalized spacial score (nSPS) is 12.4. The lowest BCUT2D eigenvalue weighted by molar-refractivity contribution is 0.533. The molecule has 1 aromatic rings. The Labute approximate surface area is 125 Å². The molecule has 0 radical (unpaired) electrons. The highest BCUT2D eigenvalue weighted by Crippen LogP contribution is 2.31. The number of aryl methyl sites for hydroxylation is 1. The van der Waals surface area contributed by atoms with Crippen molar-refractivity contribution in [3.8, 4) is 0 Å². The van der Waals surface area contributed by atoms with Crippen LogP contribution >= 0.6 is 0 Å². The van der Waals surface area contributed by atoms with E-state index in [2.05, 4.69) is 90.6 Å². The van der Waals surface area contributed by atoms with Crippen LogP contribution in [0.1, 0.15) is 54.0 Å². The third-order valence-corrected chi connectivity index (χ3v) is 4.16. The van der Waals surface area contributed by atoms with E-state index in [0.29, 0.717) is 0 Å². The van der Waals surface area contributed by atoms with Gasteiger partial charge in [0.05, 0.1) is 0 Å². The number of hydrogen-bond acceptors (Lipinski definition) is 2. The first-order valence-corrected chi connectivity index (χ1v) is 7.58. The summed E-state index contributed by atoms with van der Waals surface area (Å²) >= 11 is 0. The Hall–Kier alpha value is -1.18. The molecule has 0 N–H and O–H groups in total. The third kappa shape index (κ3) is 3.91. The zero-order valence-corrected chi connectivity index (χ0v) is 14.8. The summed E-state index contributed by atoms with van der Waals surface area (Å²) in [5.41, 5.74) is 4.24. The number of hydrogen-bond donors (Lipinski definition) is 0. The summed E-state index contributed by atoms with van der Waals surface area (Å²) in [5, 5.41) is 0. The Morgan fingerprint density at radius 2 is 1.10 bits per heavy atom. The van der Waals surface area contributed by atoms with Crippen molar-refractivity contribution in [3.05, 3.63) is 23.8 Å². The van der Waals surface area contributed by atoms with E-state index in [0.717, 1.165) is 6.42 Å². The van der Waals surface area contributed by atoms with E-state index >= 15 is 0 Å². The van der Waals surface area contributed by atoms with Crippen LogP contribution in [0.5, 0.6) is 0 Å². The van der Waals surface area contributed by atoms with Gasteiger partial charge >= 0.3 is 0 Å². The van der Waals surface area contributed by atoms with Gasteiger partial charge in [0.2, 0.25) is 0 Å². The van der Waals surface area contributed by atoms with Crippen molar-refractivity contribution in [3.63, 3.8) is 0 Å². The van der Waals surface area contributed by atoms with Crippen LogP contribution < -0.4 is 9.80 Å². The molecule has 0 aliphatic heterocycles. The Kier molecular flexibility index (Phi) is 4.78. The first-order chi connectivity index (χ1) is 8.96. The van der Waals surface area contributed by atoms with Gasteiger partial charge in [0.1, 0.15) is 0 Å². The topological polar surface area (TPSA) is 6.48 Å². The fourth-order valence-corrected chi connectivity index (χ4v) is 2.02. The standard InChI is InChI=1S/C18H32N2/c1-10-14-11-15(19(8)17(2,3)4)13-16(12-14)20(9)18(5,6)7/h11-13H,10H2,1-9H3. The molecule has 0 atom stereocenters. The van der Waals surface area contributed by atoms with E-state index in [4.69, 9.17) is 0 Å². The molecule has 0 spiro atoms. The number of nitrogens with zero attached hydrogens (tertiary/aromatic N) is 2. The highest BCUT2D eigenvalue weighted by atomic mass is 15.2. The Morgan fingerprint density at radius 1 is 0.750 bits per heavy atom. The van der Waals surface area contributed by atoms with E-state index in [9.17, 15) is 0 Å². The molecule has 2 heteroatoms. The molecule has 0 heterocycles. The zero-order valence-electron chi connectivity index (χ0n) is 14.8. The van der Waals surface area contributed by atoms with Crippen LogP contribution in [0, 0.1) is 0 Å². The molecule has 1 rings (SSSR count). The van der Waals surface area contributed by atoms with Crippen LogP contribution in [0.4, 0.5) is 11.4 Å². The van der Waals surface area contributed by atoms with Crippen LogP contribution in [0.15, 0.2) is 18.2 Å². The quantitative estimate of drug-likeness (QED) is 0.788. The summed E-state index contributed by atoms with van der Waals surface area (Å²) in [7, 11) is 4.35. The summed E-state index contributed by atoms with van der Waals surface area (Å²) in [6.45, 7) is 15.7. The van der Waals surface area contributed by atoms with Crippen molar-refractivity contribution >= 4 is 11.4 Å². The fourth-order valence-electron chi connectivity index (χ4n) is 2.02. The van der Waals surface area contributed by atoms with Gasteiger partial charge in [-0.15, -0.1) is 0 Å². The molecule has 0 amide bonds. The Balaban J connectivity index is 3.29. The van der Waals surface area contributed by atoms with Gasteiger partial charge in [0.15, 0.2) is 0 Å². The van der Waals surface area contributed by atoms with Gasteiger partial charge in [0, 0.05) is 36.5 Å². The SMILES string of the molecule is CCc1cc(N(C)C(C)(C)C)cc(N(C)C(C)(C)C)c1. The van der Waals surface area contributed by atoms with Gasteiger partial charge in [-0.2, -0.15) is 0 Å². The van der Waals surface area contributed by atoms with Crippen molar-refractivity contribution in [2.24, 2.45) is 0 Å².